The molecule has 0 heterocycles. The zero-order valence-corrected chi connectivity index (χ0v) is 8.20. The largest absolute Gasteiger partial charge is 0.459 e. The second kappa shape index (κ2) is 5.14. The third-order valence-electron chi connectivity index (χ3n) is 1.66. The highest BCUT2D eigenvalue weighted by Gasteiger charge is 2.18. The predicted octanol–water partition coefficient (Wildman–Crippen LogP) is 1.20. The molecule has 1 unspecified atom stereocenters. The quantitative estimate of drug-likeness (QED) is 0.651. The maximum Gasteiger partial charge on any atom is 0.308 e. The van der Waals surface area contributed by atoms with Crippen LogP contribution in [0.5, 0.6) is 0 Å². The molecule has 3 heteroatoms. The highest BCUT2D eigenvalue weighted by atomic mass is 16.6. The van der Waals surface area contributed by atoms with Gasteiger partial charge in [0.2, 0.25) is 0 Å². The van der Waals surface area contributed by atoms with Gasteiger partial charge in [0.05, 0.1) is 12.5 Å². The standard InChI is InChI=1S/C9H18O3/c1-6(2)8(5-10)12-9(11)7(3)4/h6-8,10H,5H2,1-4H3. The summed E-state index contributed by atoms with van der Waals surface area (Å²) < 4.78 is 5.03. The van der Waals surface area contributed by atoms with Crippen LogP contribution in [0.4, 0.5) is 0 Å². The topological polar surface area (TPSA) is 46.5 Å². The summed E-state index contributed by atoms with van der Waals surface area (Å²) in [6, 6.07) is 0. The summed E-state index contributed by atoms with van der Waals surface area (Å²) in [7, 11) is 0. The van der Waals surface area contributed by atoms with Gasteiger partial charge in [0, 0.05) is 0 Å². The molecule has 0 spiro atoms. The normalized spacial score (nSPS) is 13.6. The van der Waals surface area contributed by atoms with E-state index < -0.39 is 0 Å². The van der Waals surface area contributed by atoms with Gasteiger partial charge in [-0.2, -0.15) is 0 Å². The van der Waals surface area contributed by atoms with E-state index in [1.165, 1.54) is 0 Å². The predicted molar refractivity (Wildman–Crippen MR) is 46.6 cm³/mol. The zero-order chi connectivity index (χ0) is 9.72. The van der Waals surface area contributed by atoms with Crippen LogP contribution >= 0.6 is 0 Å². The molecule has 0 bridgehead atoms. The third kappa shape index (κ3) is 3.72. The lowest BCUT2D eigenvalue weighted by Gasteiger charge is -2.19. The Kier molecular flexibility index (Phi) is 4.90. The average Bonchev–Trinajstić information content (AvgIpc) is 1.98. The van der Waals surface area contributed by atoms with Crippen LogP contribution in [0.2, 0.25) is 0 Å². The molecule has 0 aromatic carbocycles. The number of hydrogen-bond donors (Lipinski definition) is 1. The number of esters is 1. The Morgan fingerprint density at radius 2 is 1.83 bits per heavy atom. The van der Waals surface area contributed by atoms with Gasteiger partial charge in [0.1, 0.15) is 6.10 Å². The fraction of sp³-hybridized carbons (Fsp3) is 0.889. The van der Waals surface area contributed by atoms with Crippen LogP contribution in [0, 0.1) is 11.8 Å². The Morgan fingerprint density at radius 3 is 2.08 bits per heavy atom. The Morgan fingerprint density at radius 1 is 1.33 bits per heavy atom. The van der Waals surface area contributed by atoms with Crippen molar-refractivity contribution in [3.63, 3.8) is 0 Å². The van der Waals surface area contributed by atoms with Crippen LogP contribution < -0.4 is 0 Å². The number of hydrogen-bond acceptors (Lipinski definition) is 3. The van der Waals surface area contributed by atoms with Gasteiger partial charge in [0.15, 0.2) is 0 Å². The van der Waals surface area contributed by atoms with E-state index in [1.54, 1.807) is 13.8 Å². The van der Waals surface area contributed by atoms with Crippen LogP contribution in [0.25, 0.3) is 0 Å². The highest BCUT2D eigenvalue weighted by Crippen LogP contribution is 2.08. The van der Waals surface area contributed by atoms with Crippen molar-refractivity contribution in [2.45, 2.75) is 33.8 Å². The van der Waals surface area contributed by atoms with E-state index >= 15 is 0 Å². The summed E-state index contributed by atoms with van der Waals surface area (Å²) in [6.07, 6.45) is -0.361. The second-order valence-electron chi connectivity index (χ2n) is 3.56. The van der Waals surface area contributed by atoms with E-state index in [4.69, 9.17) is 9.84 Å². The number of carbonyl (C=O) groups is 1. The average molecular weight is 174 g/mol. The first-order chi connectivity index (χ1) is 5.49. The van der Waals surface area contributed by atoms with Crippen molar-refractivity contribution in [3.05, 3.63) is 0 Å². The Balaban J connectivity index is 3.94. The molecule has 0 saturated carbocycles. The van der Waals surface area contributed by atoms with Crippen molar-refractivity contribution in [3.8, 4) is 0 Å². The molecule has 0 fully saturated rings. The summed E-state index contributed by atoms with van der Waals surface area (Å²) in [4.78, 5) is 11.1. The molecule has 3 nitrogen and oxygen atoms in total. The van der Waals surface area contributed by atoms with Crippen molar-refractivity contribution in [2.24, 2.45) is 11.8 Å². The van der Waals surface area contributed by atoms with Crippen LogP contribution in [0.1, 0.15) is 27.7 Å². The maximum atomic E-state index is 11.1. The number of carbonyl (C=O) groups excluding carboxylic acids is 1. The van der Waals surface area contributed by atoms with Crippen molar-refractivity contribution >= 4 is 5.97 Å². The summed E-state index contributed by atoms with van der Waals surface area (Å²) >= 11 is 0. The monoisotopic (exact) mass is 174 g/mol. The molecule has 1 N–H and O–H groups in total. The maximum absolute atomic E-state index is 11.1. The van der Waals surface area contributed by atoms with E-state index in [2.05, 4.69) is 0 Å². The van der Waals surface area contributed by atoms with Crippen LogP contribution in [0.15, 0.2) is 0 Å². The lowest BCUT2D eigenvalue weighted by Crippen LogP contribution is -2.29. The summed E-state index contributed by atoms with van der Waals surface area (Å²) in [5, 5.41) is 8.85. The number of ether oxygens (including phenoxy) is 1. The molecule has 0 aliphatic rings. The van der Waals surface area contributed by atoms with Crippen LogP contribution in [-0.4, -0.2) is 23.8 Å². The molecule has 0 rings (SSSR count). The third-order valence-corrected chi connectivity index (χ3v) is 1.66. The highest BCUT2D eigenvalue weighted by molar-refractivity contribution is 5.71. The number of rotatable bonds is 4. The molecule has 0 aromatic heterocycles. The van der Waals surface area contributed by atoms with Crippen molar-refractivity contribution in [1.29, 1.82) is 0 Å². The van der Waals surface area contributed by atoms with Gasteiger partial charge >= 0.3 is 5.97 Å². The molecule has 0 radical (unpaired) electrons. The van der Waals surface area contributed by atoms with Crippen molar-refractivity contribution < 1.29 is 14.6 Å². The molecule has 1 atom stereocenters. The molecule has 0 saturated heterocycles. The molecule has 12 heavy (non-hydrogen) atoms. The van der Waals surface area contributed by atoms with Crippen molar-refractivity contribution in [2.75, 3.05) is 6.61 Å². The Hall–Kier alpha value is -0.570. The first-order valence-electron chi connectivity index (χ1n) is 4.30. The molecule has 0 aromatic rings. The van der Waals surface area contributed by atoms with Crippen molar-refractivity contribution in [1.82, 2.24) is 0 Å². The van der Waals surface area contributed by atoms with E-state index in [-0.39, 0.29) is 30.5 Å². The molecule has 72 valence electrons. The first-order valence-corrected chi connectivity index (χ1v) is 4.30. The molecule has 0 aliphatic carbocycles. The molecular formula is C9H18O3. The van der Waals surface area contributed by atoms with Gasteiger partial charge in [-0.3, -0.25) is 4.79 Å². The van der Waals surface area contributed by atoms with Gasteiger partial charge in [0.25, 0.3) is 0 Å². The Bertz CT molecular complexity index is 141. The van der Waals surface area contributed by atoms with Gasteiger partial charge in [-0.25, -0.2) is 0 Å². The van der Waals surface area contributed by atoms with E-state index in [0.717, 1.165) is 0 Å². The zero-order valence-electron chi connectivity index (χ0n) is 8.20. The summed E-state index contributed by atoms with van der Waals surface area (Å²) in [5.74, 6) is -0.210. The lowest BCUT2D eigenvalue weighted by molar-refractivity contribution is -0.157. The van der Waals surface area contributed by atoms with Gasteiger partial charge in [-0.15, -0.1) is 0 Å². The fourth-order valence-electron chi connectivity index (χ4n) is 0.669. The van der Waals surface area contributed by atoms with Gasteiger partial charge in [-0.05, 0) is 5.92 Å². The molecule has 0 aliphatic heterocycles. The SMILES string of the molecule is CC(C)C(=O)OC(CO)C(C)C. The van der Waals surface area contributed by atoms with Gasteiger partial charge in [-0.1, -0.05) is 27.7 Å². The first kappa shape index (κ1) is 11.4. The smallest absolute Gasteiger partial charge is 0.308 e. The molecular weight excluding hydrogens is 156 g/mol. The summed E-state index contributed by atoms with van der Waals surface area (Å²) in [5.41, 5.74) is 0. The minimum atomic E-state index is -0.361. The van der Waals surface area contributed by atoms with E-state index in [0.29, 0.717) is 0 Å². The lowest BCUT2D eigenvalue weighted by atomic mass is 10.1. The Labute approximate surface area is 73.7 Å². The van der Waals surface area contributed by atoms with E-state index in [9.17, 15) is 4.79 Å². The summed E-state index contributed by atoms with van der Waals surface area (Å²) in [6.45, 7) is 7.27. The van der Waals surface area contributed by atoms with Crippen LogP contribution in [0.3, 0.4) is 0 Å². The minimum Gasteiger partial charge on any atom is -0.459 e. The number of aliphatic hydroxyl groups excluding tert-OH is 1. The fourth-order valence-corrected chi connectivity index (χ4v) is 0.669. The van der Waals surface area contributed by atoms with E-state index in [1.807, 2.05) is 13.8 Å². The minimum absolute atomic E-state index is 0.101. The van der Waals surface area contributed by atoms with Crippen LogP contribution in [-0.2, 0) is 9.53 Å². The number of aliphatic hydroxyl groups is 1. The molecule has 0 amide bonds. The van der Waals surface area contributed by atoms with Gasteiger partial charge < -0.3 is 9.84 Å². The second-order valence-corrected chi connectivity index (χ2v) is 3.56.